The summed E-state index contributed by atoms with van der Waals surface area (Å²) in [7, 11) is 0. The van der Waals surface area contributed by atoms with Crippen molar-refractivity contribution < 1.29 is 0 Å². The second-order valence-electron chi connectivity index (χ2n) is 4.42. The fraction of sp³-hybridized carbons (Fsp3) is 0.400. The van der Waals surface area contributed by atoms with E-state index in [9.17, 15) is 0 Å². The standard InChI is InChI=1S/C15H18ClN/c1-4-6-13-10(3)17-15-9-11(16)7-8-14(15)12(13)5-2/h7-9H,4-6H2,1-3H3. The van der Waals surface area contributed by atoms with Crippen LogP contribution in [0.2, 0.25) is 5.02 Å². The predicted molar refractivity (Wildman–Crippen MR) is 74.9 cm³/mol. The average molecular weight is 248 g/mol. The van der Waals surface area contributed by atoms with E-state index in [1.807, 2.05) is 12.1 Å². The van der Waals surface area contributed by atoms with Crippen molar-refractivity contribution in [2.24, 2.45) is 0 Å². The number of pyridine rings is 1. The Bertz CT molecular complexity index is 546. The largest absolute Gasteiger partial charge is 0.253 e. The van der Waals surface area contributed by atoms with E-state index in [4.69, 9.17) is 11.6 Å². The number of hydrogen-bond acceptors (Lipinski definition) is 1. The van der Waals surface area contributed by atoms with Crippen LogP contribution in [0.5, 0.6) is 0 Å². The maximum absolute atomic E-state index is 6.03. The van der Waals surface area contributed by atoms with E-state index in [0.717, 1.165) is 35.5 Å². The molecule has 0 saturated heterocycles. The lowest BCUT2D eigenvalue weighted by Gasteiger charge is -2.13. The van der Waals surface area contributed by atoms with Gasteiger partial charge in [0.2, 0.25) is 0 Å². The molecule has 1 nitrogen and oxygen atoms in total. The molecule has 1 heterocycles. The van der Waals surface area contributed by atoms with Crippen molar-refractivity contribution in [1.82, 2.24) is 4.98 Å². The summed E-state index contributed by atoms with van der Waals surface area (Å²) in [6.07, 6.45) is 3.33. The highest BCUT2D eigenvalue weighted by atomic mass is 35.5. The van der Waals surface area contributed by atoms with Crippen LogP contribution in [0.25, 0.3) is 10.9 Å². The first-order valence-corrected chi connectivity index (χ1v) is 6.62. The average Bonchev–Trinajstić information content (AvgIpc) is 2.30. The minimum Gasteiger partial charge on any atom is -0.253 e. The molecule has 0 spiro atoms. The van der Waals surface area contributed by atoms with Crippen LogP contribution >= 0.6 is 11.6 Å². The molecule has 0 aliphatic rings. The number of nitrogens with zero attached hydrogens (tertiary/aromatic N) is 1. The van der Waals surface area contributed by atoms with Gasteiger partial charge in [0.25, 0.3) is 0 Å². The Kier molecular flexibility index (Phi) is 3.68. The topological polar surface area (TPSA) is 12.9 Å². The Labute approximate surface area is 108 Å². The maximum atomic E-state index is 6.03. The Morgan fingerprint density at radius 3 is 2.59 bits per heavy atom. The molecule has 0 fully saturated rings. The number of halogens is 1. The number of aryl methyl sites for hydroxylation is 2. The Morgan fingerprint density at radius 2 is 1.94 bits per heavy atom. The van der Waals surface area contributed by atoms with Crippen LogP contribution in [0.15, 0.2) is 18.2 Å². The third kappa shape index (κ3) is 2.30. The van der Waals surface area contributed by atoms with Gasteiger partial charge >= 0.3 is 0 Å². The van der Waals surface area contributed by atoms with Crippen LogP contribution in [0.1, 0.15) is 37.1 Å². The zero-order valence-electron chi connectivity index (χ0n) is 10.7. The molecule has 0 amide bonds. The molecule has 90 valence electrons. The fourth-order valence-electron chi connectivity index (χ4n) is 2.47. The highest BCUT2D eigenvalue weighted by molar-refractivity contribution is 6.31. The smallest absolute Gasteiger partial charge is 0.0722 e. The second-order valence-corrected chi connectivity index (χ2v) is 4.86. The van der Waals surface area contributed by atoms with Crippen LogP contribution in [0, 0.1) is 6.92 Å². The van der Waals surface area contributed by atoms with Gasteiger partial charge in [0, 0.05) is 16.1 Å². The quantitative estimate of drug-likeness (QED) is 0.765. The van der Waals surface area contributed by atoms with Crippen LogP contribution in [0.3, 0.4) is 0 Å². The predicted octanol–water partition coefficient (Wildman–Crippen LogP) is 4.71. The van der Waals surface area contributed by atoms with Crippen LogP contribution in [0.4, 0.5) is 0 Å². The van der Waals surface area contributed by atoms with Crippen molar-refractivity contribution in [2.45, 2.75) is 40.0 Å². The Hall–Kier alpha value is -1.08. The SMILES string of the molecule is CCCc1c(C)nc2cc(Cl)ccc2c1CC. The summed E-state index contributed by atoms with van der Waals surface area (Å²) in [6.45, 7) is 6.53. The molecule has 0 atom stereocenters. The molecule has 1 aromatic carbocycles. The van der Waals surface area contributed by atoms with Gasteiger partial charge in [0.05, 0.1) is 5.52 Å². The molecule has 0 aliphatic carbocycles. The van der Waals surface area contributed by atoms with E-state index in [1.54, 1.807) is 0 Å². The fourth-order valence-corrected chi connectivity index (χ4v) is 2.63. The molecule has 0 radical (unpaired) electrons. The zero-order valence-corrected chi connectivity index (χ0v) is 11.4. The molecular weight excluding hydrogens is 230 g/mol. The normalized spacial score (nSPS) is 11.1. The van der Waals surface area contributed by atoms with Gasteiger partial charge in [-0.25, -0.2) is 0 Å². The summed E-state index contributed by atoms with van der Waals surface area (Å²) in [5.41, 5.74) is 5.03. The molecule has 0 bridgehead atoms. The minimum absolute atomic E-state index is 0.759. The first-order chi connectivity index (χ1) is 8.17. The number of rotatable bonds is 3. The van der Waals surface area contributed by atoms with Crippen LogP contribution < -0.4 is 0 Å². The summed E-state index contributed by atoms with van der Waals surface area (Å²) in [5.74, 6) is 0. The van der Waals surface area contributed by atoms with Crippen molar-refractivity contribution in [3.05, 3.63) is 40.0 Å². The van der Waals surface area contributed by atoms with Crippen LogP contribution in [-0.4, -0.2) is 4.98 Å². The Morgan fingerprint density at radius 1 is 1.18 bits per heavy atom. The van der Waals surface area contributed by atoms with Crippen molar-refractivity contribution >= 4 is 22.5 Å². The monoisotopic (exact) mass is 247 g/mol. The number of aromatic nitrogens is 1. The highest BCUT2D eigenvalue weighted by Gasteiger charge is 2.10. The van der Waals surface area contributed by atoms with Crippen molar-refractivity contribution in [3.8, 4) is 0 Å². The van der Waals surface area contributed by atoms with E-state index in [0.29, 0.717) is 0 Å². The third-order valence-electron chi connectivity index (χ3n) is 3.23. The van der Waals surface area contributed by atoms with Gasteiger partial charge in [-0.2, -0.15) is 0 Å². The second kappa shape index (κ2) is 5.05. The maximum Gasteiger partial charge on any atom is 0.0722 e. The highest BCUT2D eigenvalue weighted by Crippen LogP contribution is 2.27. The van der Waals surface area contributed by atoms with Gasteiger partial charge in [0.15, 0.2) is 0 Å². The third-order valence-corrected chi connectivity index (χ3v) is 3.46. The summed E-state index contributed by atoms with van der Waals surface area (Å²) >= 11 is 6.03. The van der Waals surface area contributed by atoms with Crippen molar-refractivity contribution in [3.63, 3.8) is 0 Å². The Balaban J connectivity index is 2.75. The first kappa shape index (κ1) is 12.4. The summed E-state index contributed by atoms with van der Waals surface area (Å²) in [6, 6.07) is 6.01. The lowest BCUT2D eigenvalue weighted by atomic mass is 9.96. The number of fused-ring (bicyclic) bond motifs is 1. The number of benzene rings is 1. The minimum atomic E-state index is 0.759. The molecule has 0 unspecified atom stereocenters. The first-order valence-electron chi connectivity index (χ1n) is 6.25. The summed E-state index contributed by atoms with van der Waals surface area (Å²) in [5, 5.41) is 2.01. The van der Waals surface area contributed by atoms with Gasteiger partial charge in [0.1, 0.15) is 0 Å². The lowest BCUT2D eigenvalue weighted by molar-refractivity contribution is 0.882. The van der Waals surface area contributed by atoms with Gasteiger partial charge in [-0.3, -0.25) is 4.98 Å². The molecular formula is C15H18ClN. The van der Waals surface area contributed by atoms with Gasteiger partial charge in [-0.05, 0) is 43.0 Å². The van der Waals surface area contributed by atoms with Gasteiger partial charge < -0.3 is 0 Å². The molecule has 0 saturated carbocycles. The van der Waals surface area contributed by atoms with Gasteiger partial charge in [-0.15, -0.1) is 0 Å². The van der Waals surface area contributed by atoms with Crippen LogP contribution in [-0.2, 0) is 12.8 Å². The van der Waals surface area contributed by atoms with E-state index in [2.05, 4.69) is 31.8 Å². The van der Waals surface area contributed by atoms with Crippen molar-refractivity contribution in [2.75, 3.05) is 0 Å². The van der Waals surface area contributed by atoms with Crippen molar-refractivity contribution in [1.29, 1.82) is 0 Å². The van der Waals surface area contributed by atoms with E-state index in [1.165, 1.54) is 16.5 Å². The van der Waals surface area contributed by atoms with E-state index in [-0.39, 0.29) is 0 Å². The molecule has 1 aromatic heterocycles. The molecule has 2 heteroatoms. The zero-order chi connectivity index (χ0) is 12.4. The molecule has 0 N–H and O–H groups in total. The van der Waals surface area contributed by atoms with E-state index < -0.39 is 0 Å². The van der Waals surface area contributed by atoms with E-state index >= 15 is 0 Å². The molecule has 17 heavy (non-hydrogen) atoms. The lowest BCUT2D eigenvalue weighted by Crippen LogP contribution is -2.01. The molecule has 2 rings (SSSR count). The molecule has 2 aromatic rings. The number of hydrogen-bond donors (Lipinski definition) is 0. The van der Waals surface area contributed by atoms with Gasteiger partial charge in [-0.1, -0.05) is 37.9 Å². The molecule has 0 aliphatic heterocycles. The summed E-state index contributed by atoms with van der Waals surface area (Å²) < 4.78 is 0. The summed E-state index contributed by atoms with van der Waals surface area (Å²) in [4.78, 5) is 4.68.